The Morgan fingerprint density at radius 3 is 2.07 bits per heavy atom. The number of nitrogens with one attached hydrogen (secondary N) is 1. The minimum Gasteiger partial charge on any atom is -0.391 e. The zero-order valence-electron chi connectivity index (χ0n) is 10.1. The largest absolute Gasteiger partial charge is 0.391 e. The topological polar surface area (TPSA) is 32.3 Å². The van der Waals surface area contributed by atoms with Crippen molar-refractivity contribution in [3.8, 4) is 0 Å². The Morgan fingerprint density at radius 2 is 1.79 bits per heavy atom. The fraction of sp³-hybridized carbons (Fsp3) is 0.727. The molecule has 1 amide bonds. The van der Waals surface area contributed by atoms with E-state index in [9.17, 15) is 4.79 Å². The number of rotatable bonds is 4. The van der Waals surface area contributed by atoms with Gasteiger partial charge in [-0.2, -0.15) is 0 Å². The molecule has 0 fully saturated rings. The van der Waals surface area contributed by atoms with E-state index in [1.165, 1.54) is 0 Å². The molecule has 0 unspecified atom stereocenters. The molecule has 0 aliphatic rings. The van der Waals surface area contributed by atoms with E-state index in [1.54, 1.807) is 11.0 Å². The van der Waals surface area contributed by atoms with Crippen LogP contribution in [-0.4, -0.2) is 30.9 Å². The van der Waals surface area contributed by atoms with E-state index in [0.717, 1.165) is 5.70 Å². The first-order chi connectivity index (χ1) is 6.40. The second-order valence-electron chi connectivity index (χ2n) is 4.05. The standard InChI is InChI=1S/C11H22N2O/c1-8(2)10(12-5)7-11(14)13(6)9(3)4/h7-9,12H,1-6H3/b10-7-. The van der Waals surface area contributed by atoms with Crippen LogP contribution in [0.2, 0.25) is 0 Å². The summed E-state index contributed by atoms with van der Waals surface area (Å²) in [6.45, 7) is 8.12. The van der Waals surface area contributed by atoms with Gasteiger partial charge in [0.1, 0.15) is 0 Å². The molecule has 0 aromatic carbocycles. The molecule has 0 aromatic heterocycles. The van der Waals surface area contributed by atoms with Crippen LogP contribution in [-0.2, 0) is 4.79 Å². The molecule has 0 atom stereocenters. The third-order valence-electron chi connectivity index (χ3n) is 2.31. The second-order valence-corrected chi connectivity index (χ2v) is 4.05. The van der Waals surface area contributed by atoms with Crippen LogP contribution in [0.5, 0.6) is 0 Å². The molecule has 0 heterocycles. The van der Waals surface area contributed by atoms with Gasteiger partial charge >= 0.3 is 0 Å². The summed E-state index contributed by atoms with van der Waals surface area (Å²) in [5.74, 6) is 0.405. The third kappa shape index (κ3) is 3.81. The van der Waals surface area contributed by atoms with E-state index in [-0.39, 0.29) is 11.9 Å². The Hall–Kier alpha value is -0.990. The fourth-order valence-corrected chi connectivity index (χ4v) is 1.02. The monoisotopic (exact) mass is 198 g/mol. The quantitative estimate of drug-likeness (QED) is 0.696. The Balaban J connectivity index is 4.54. The van der Waals surface area contributed by atoms with Gasteiger partial charge in [-0.05, 0) is 19.8 Å². The fourth-order valence-electron chi connectivity index (χ4n) is 1.02. The highest BCUT2D eigenvalue weighted by Crippen LogP contribution is 2.06. The van der Waals surface area contributed by atoms with E-state index in [2.05, 4.69) is 19.2 Å². The number of carbonyl (C=O) groups is 1. The second kappa shape index (κ2) is 5.68. The summed E-state index contributed by atoms with van der Waals surface area (Å²) in [5, 5.41) is 3.04. The molecule has 0 aromatic rings. The lowest BCUT2D eigenvalue weighted by Gasteiger charge is -2.21. The van der Waals surface area contributed by atoms with Crippen molar-refractivity contribution in [1.82, 2.24) is 10.2 Å². The van der Waals surface area contributed by atoms with E-state index in [4.69, 9.17) is 0 Å². The van der Waals surface area contributed by atoms with Crippen molar-refractivity contribution in [2.24, 2.45) is 5.92 Å². The maximum Gasteiger partial charge on any atom is 0.248 e. The molecule has 0 radical (unpaired) electrons. The zero-order valence-corrected chi connectivity index (χ0v) is 10.1. The van der Waals surface area contributed by atoms with Crippen molar-refractivity contribution in [3.05, 3.63) is 11.8 Å². The third-order valence-corrected chi connectivity index (χ3v) is 2.31. The maximum atomic E-state index is 11.7. The minimum absolute atomic E-state index is 0.0538. The van der Waals surface area contributed by atoms with Crippen LogP contribution in [0.4, 0.5) is 0 Å². The lowest BCUT2D eigenvalue weighted by molar-refractivity contribution is -0.126. The highest BCUT2D eigenvalue weighted by molar-refractivity contribution is 5.88. The number of likely N-dealkylation sites (N-methyl/N-ethyl adjacent to an activating group) is 1. The van der Waals surface area contributed by atoms with Gasteiger partial charge in [-0.3, -0.25) is 4.79 Å². The van der Waals surface area contributed by atoms with E-state index < -0.39 is 0 Å². The van der Waals surface area contributed by atoms with E-state index in [1.807, 2.05) is 27.9 Å². The van der Waals surface area contributed by atoms with Gasteiger partial charge in [0.15, 0.2) is 0 Å². The Bertz CT molecular complexity index is 219. The number of nitrogens with zero attached hydrogens (tertiary/aromatic N) is 1. The number of hydrogen-bond acceptors (Lipinski definition) is 2. The molecule has 3 heteroatoms. The van der Waals surface area contributed by atoms with Gasteiger partial charge in [-0.15, -0.1) is 0 Å². The molecule has 0 aliphatic carbocycles. The molecule has 0 bridgehead atoms. The van der Waals surface area contributed by atoms with Crippen LogP contribution in [0, 0.1) is 5.92 Å². The predicted octanol–water partition coefficient (Wildman–Crippen LogP) is 1.61. The van der Waals surface area contributed by atoms with Crippen molar-refractivity contribution in [2.75, 3.05) is 14.1 Å². The molecule has 3 nitrogen and oxygen atoms in total. The lowest BCUT2D eigenvalue weighted by Crippen LogP contribution is -2.32. The van der Waals surface area contributed by atoms with Crippen molar-refractivity contribution in [3.63, 3.8) is 0 Å². The van der Waals surface area contributed by atoms with Crippen molar-refractivity contribution in [1.29, 1.82) is 0 Å². The van der Waals surface area contributed by atoms with Gasteiger partial charge in [0.25, 0.3) is 0 Å². The SMILES string of the molecule is CN/C(=C\C(=O)N(C)C(C)C)C(C)C. The first kappa shape index (κ1) is 13.0. The average Bonchev–Trinajstić information content (AvgIpc) is 2.11. The van der Waals surface area contributed by atoms with Crippen LogP contribution < -0.4 is 5.32 Å². The molecule has 0 saturated carbocycles. The van der Waals surface area contributed by atoms with Gasteiger partial charge in [0.05, 0.1) is 0 Å². The van der Waals surface area contributed by atoms with Crippen molar-refractivity contribution >= 4 is 5.91 Å². The molecule has 0 rings (SSSR count). The summed E-state index contributed by atoms with van der Waals surface area (Å²) in [6.07, 6.45) is 1.67. The summed E-state index contributed by atoms with van der Waals surface area (Å²) >= 11 is 0. The van der Waals surface area contributed by atoms with Crippen LogP contribution in [0.3, 0.4) is 0 Å². The van der Waals surface area contributed by atoms with E-state index in [0.29, 0.717) is 5.92 Å². The summed E-state index contributed by atoms with van der Waals surface area (Å²) in [5.41, 5.74) is 0.975. The van der Waals surface area contributed by atoms with Gasteiger partial charge in [0.2, 0.25) is 5.91 Å². The molecular weight excluding hydrogens is 176 g/mol. The van der Waals surface area contributed by atoms with Gasteiger partial charge in [0, 0.05) is 31.9 Å². The molecule has 0 saturated heterocycles. The molecular formula is C11H22N2O. The van der Waals surface area contributed by atoms with Crippen LogP contribution in [0.25, 0.3) is 0 Å². The maximum absolute atomic E-state index is 11.7. The molecule has 14 heavy (non-hydrogen) atoms. The number of carbonyl (C=O) groups excluding carboxylic acids is 1. The van der Waals surface area contributed by atoms with Gasteiger partial charge in [-0.1, -0.05) is 13.8 Å². The average molecular weight is 198 g/mol. The van der Waals surface area contributed by atoms with Crippen LogP contribution in [0.1, 0.15) is 27.7 Å². The number of allylic oxidation sites excluding steroid dienone is 1. The molecule has 0 spiro atoms. The Labute approximate surface area is 87.2 Å². The Kier molecular flexibility index (Phi) is 5.28. The first-order valence-corrected chi connectivity index (χ1v) is 5.06. The number of hydrogen-bond donors (Lipinski definition) is 1. The first-order valence-electron chi connectivity index (χ1n) is 5.06. The lowest BCUT2D eigenvalue weighted by atomic mass is 10.1. The van der Waals surface area contributed by atoms with Crippen LogP contribution >= 0.6 is 0 Å². The normalized spacial score (nSPS) is 12.1. The molecule has 82 valence electrons. The summed E-state index contributed by atoms with van der Waals surface area (Å²) in [7, 11) is 3.66. The minimum atomic E-state index is 0.0538. The smallest absolute Gasteiger partial charge is 0.248 e. The number of amides is 1. The summed E-state index contributed by atoms with van der Waals surface area (Å²) < 4.78 is 0. The molecule has 0 aliphatic heterocycles. The van der Waals surface area contributed by atoms with Crippen LogP contribution in [0.15, 0.2) is 11.8 Å². The van der Waals surface area contributed by atoms with Crippen molar-refractivity contribution < 1.29 is 4.79 Å². The molecule has 1 N–H and O–H groups in total. The van der Waals surface area contributed by atoms with Gasteiger partial charge in [-0.25, -0.2) is 0 Å². The highest BCUT2D eigenvalue weighted by atomic mass is 16.2. The Morgan fingerprint density at radius 1 is 1.29 bits per heavy atom. The van der Waals surface area contributed by atoms with E-state index >= 15 is 0 Å². The summed E-state index contributed by atoms with van der Waals surface area (Å²) in [4.78, 5) is 13.4. The predicted molar refractivity (Wildman–Crippen MR) is 59.9 cm³/mol. The van der Waals surface area contributed by atoms with Gasteiger partial charge < -0.3 is 10.2 Å². The summed E-state index contributed by atoms with van der Waals surface area (Å²) in [6, 6.07) is 0.240. The zero-order chi connectivity index (χ0) is 11.3. The van der Waals surface area contributed by atoms with Crippen molar-refractivity contribution in [2.45, 2.75) is 33.7 Å². The highest BCUT2D eigenvalue weighted by Gasteiger charge is 2.11.